The van der Waals surface area contributed by atoms with Crippen LogP contribution in [0.15, 0.2) is 79.1 Å². The fourth-order valence-electron chi connectivity index (χ4n) is 5.54. The molecular weight excluding hydrogens is 490 g/mol. The summed E-state index contributed by atoms with van der Waals surface area (Å²) in [6.45, 7) is -0.0784. The molecule has 0 aliphatic heterocycles. The van der Waals surface area contributed by atoms with Gasteiger partial charge in [0.25, 0.3) is 0 Å². The molecule has 2 aromatic carbocycles. The third-order valence-electron chi connectivity index (χ3n) is 7.55. The number of hydrogen-bond acceptors (Lipinski definition) is 5. The van der Waals surface area contributed by atoms with Crippen molar-refractivity contribution in [3.8, 4) is 0 Å². The van der Waals surface area contributed by atoms with Gasteiger partial charge in [-0.3, -0.25) is 19.5 Å². The molecule has 1 N–H and O–H groups in total. The summed E-state index contributed by atoms with van der Waals surface area (Å²) in [4.78, 5) is 34.5. The van der Waals surface area contributed by atoms with Gasteiger partial charge >= 0.3 is 0 Å². The van der Waals surface area contributed by atoms with Gasteiger partial charge in [-0.05, 0) is 49.2 Å². The van der Waals surface area contributed by atoms with E-state index in [1.165, 1.54) is 6.42 Å². The van der Waals surface area contributed by atoms with Crippen LogP contribution in [0.2, 0.25) is 0 Å². The number of nitrogens with one attached hydrogen (secondary N) is 1. The third-order valence-corrected chi connectivity index (χ3v) is 7.55. The largest absolute Gasteiger partial charge is 0.352 e. The number of amides is 2. The molecule has 0 unspecified atom stereocenters. The molecule has 1 saturated carbocycles. The Kier molecular flexibility index (Phi) is 6.79. The predicted octanol–water partition coefficient (Wildman–Crippen LogP) is 4.54. The molecule has 2 amide bonds. The summed E-state index contributed by atoms with van der Waals surface area (Å²) in [5.74, 6) is -0.485. The Hall–Kier alpha value is -4.53. The van der Waals surface area contributed by atoms with Crippen LogP contribution in [0.3, 0.4) is 0 Å². The molecule has 1 atom stereocenters. The minimum absolute atomic E-state index is 0.0784. The van der Waals surface area contributed by atoms with E-state index in [-0.39, 0.29) is 24.4 Å². The summed E-state index contributed by atoms with van der Waals surface area (Å²) in [5.41, 5.74) is 3.54. The summed E-state index contributed by atoms with van der Waals surface area (Å²) in [6.07, 6.45) is 8.83. The topological polar surface area (TPSA) is 97.9 Å². The lowest BCUT2D eigenvalue weighted by Crippen LogP contribution is -2.48. The lowest BCUT2D eigenvalue weighted by molar-refractivity contribution is -0.127. The Morgan fingerprint density at radius 3 is 2.56 bits per heavy atom. The third kappa shape index (κ3) is 4.99. The monoisotopic (exact) mass is 521 g/mol. The smallest absolute Gasteiger partial charge is 0.249 e. The van der Waals surface area contributed by atoms with Gasteiger partial charge in [0.2, 0.25) is 11.8 Å². The van der Waals surface area contributed by atoms with Crippen molar-refractivity contribution in [2.24, 2.45) is 7.05 Å². The molecule has 5 aromatic rings. The molecule has 0 spiro atoms. The summed E-state index contributed by atoms with van der Waals surface area (Å²) in [6, 6.07) is 20.2. The van der Waals surface area contributed by atoms with E-state index < -0.39 is 6.04 Å². The summed E-state index contributed by atoms with van der Waals surface area (Å²) in [7, 11) is 1.89. The van der Waals surface area contributed by atoms with E-state index in [1.807, 2.05) is 84.5 Å². The van der Waals surface area contributed by atoms with Gasteiger partial charge in [-0.1, -0.05) is 54.8 Å². The molecule has 0 bridgehead atoms. The molecule has 1 aliphatic carbocycles. The number of hydrogen-bond donors (Lipinski definition) is 1. The molecule has 198 valence electrons. The molecule has 3 heterocycles. The summed E-state index contributed by atoms with van der Waals surface area (Å²) < 4.78 is 3.48. The van der Waals surface area contributed by atoms with Crippen LogP contribution in [-0.2, 0) is 23.2 Å². The Labute approximate surface area is 226 Å². The first kappa shape index (κ1) is 24.8. The molecule has 1 fully saturated rings. The van der Waals surface area contributed by atoms with Gasteiger partial charge in [-0.15, -0.1) is 5.10 Å². The van der Waals surface area contributed by atoms with Crippen molar-refractivity contribution in [3.63, 3.8) is 0 Å². The van der Waals surface area contributed by atoms with Crippen LogP contribution in [0.5, 0.6) is 0 Å². The van der Waals surface area contributed by atoms with Crippen molar-refractivity contribution in [2.45, 2.75) is 50.7 Å². The van der Waals surface area contributed by atoms with E-state index in [2.05, 4.69) is 20.6 Å². The van der Waals surface area contributed by atoms with E-state index >= 15 is 0 Å². The summed E-state index contributed by atoms with van der Waals surface area (Å²) in [5, 5.41) is 12.6. The quantitative estimate of drug-likeness (QED) is 0.339. The normalized spacial score (nSPS) is 14.9. The highest BCUT2D eigenvalue weighted by Gasteiger charge is 2.36. The SMILES string of the molecule is Cn1cccc1[C@H](C(=O)NC1CCCCC1)N(C(=O)Cn1nnc2ccccc21)c1cnc2ccccc2c1. The number of pyridine rings is 1. The second-order valence-electron chi connectivity index (χ2n) is 10.2. The Morgan fingerprint density at radius 1 is 1.00 bits per heavy atom. The van der Waals surface area contributed by atoms with Crippen LogP contribution in [0.25, 0.3) is 21.9 Å². The van der Waals surface area contributed by atoms with Crippen molar-refractivity contribution >= 4 is 39.4 Å². The number of carbonyl (C=O) groups is 2. The highest BCUT2D eigenvalue weighted by molar-refractivity contribution is 6.02. The molecule has 39 heavy (non-hydrogen) atoms. The second-order valence-corrected chi connectivity index (χ2v) is 10.2. The van der Waals surface area contributed by atoms with Gasteiger partial charge in [0, 0.05) is 24.7 Å². The zero-order chi connectivity index (χ0) is 26.8. The van der Waals surface area contributed by atoms with Crippen molar-refractivity contribution in [2.75, 3.05) is 4.90 Å². The van der Waals surface area contributed by atoms with Gasteiger partial charge in [0.1, 0.15) is 12.1 Å². The minimum atomic E-state index is -0.892. The average molecular weight is 522 g/mol. The van der Waals surface area contributed by atoms with Crippen LogP contribution >= 0.6 is 0 Å². The highest BCUT2D eigenvalue weighted by atomic mass is 16.2. The number of rotatable bonds is 7. The van der Waals surface area contributed by atoms with Crippen molar-refractivity contribution in [1.29, 1.82) is 0 Å². The molecule has 1 aliphatic rings. The van der Waals surface area contributed by atoms with Crippen molar-refractivity contribution < 1.29 is 9.59 Å². The maximum Gasteiger partial charge on any atom is 0.249 e. The molecular formula is C30H31N7O2. The Morgan fingerprint density at radius 2 is 1.77 bits per heavy atom. The molecule has 0 saturated heterocycles. The van der Waals surface area contributed by atoms with Crippen LogP contribution in [0.4, 0.5) is 5.69 Å². The maximum atomic E-state index is 14.3. The first-order valence-electron chi connectivity index (χ1n) is 13.5. The summed E-state index contributed by atoms with van der Waals surface area (Å²) >= 11 is 0. The minimum Gasteiger partial charge on any atom is -0.352 e. The number of nitrogens with zero attached hydrogens (tertiary/aromatic N) is 6. The molecule has 6 rings (SSSR count). The first-order chi connectivity index (χ1) is 19.1. The van der Waals surface area contributed by atoms with Gasteiger partial charge < -0.3 is 9.88 Å². The Balaban J connectivity index is 1.44. The first-order valence-corrected chi connectivity index (χ1v) is 13.5. The van der Waals surface area contributed by atoms with Crippen LogP contribution in [0, 0.1) is 0 Å². The lowest BCUT2D eigenvalue weighted by atomic mass is 9.95. The number of aromatic nitrogens is 5. The molecule has 9 nitrogen and oxygen atoms in total. The number of benzene rings is 2. The number of para-hydroxylation sites is 2. The van der Waals surface area contributed by atoms with Crippen LogP contribution < -0.4 is 10.2 Å². The van der Waals surface area contributed by atoms with E-state index in [0.717, 1.165) is 42.1 Å². The number of anilines is 1. The zero-order valence-electron chi connectivity index (χ0n) is 21.9. The number of aryl methyl sites for hydroxylation is 1. The molecule has 3 aromatic heterocycles. The zero-order valence-corrected chi connectivity index (χ0v) is 21.9. The number of carbonyl (C=O) groups excluding carboxylic acids is 2. The number of fused-ring (bicyclic) bond motifs is 2. The fourth-order valence-corrected chi connectivity index (χ4v) is 5.54. The fraction of sp³-hybridized carbons (Fsp3) is 0.300. The lowest BCUT2D eigenvalue weighted by Gasteiger charge is -2.33. The van der Waals surface area contributed by atoms with Crippen molar-refractivity contribution in [1.82, 2.24) is 29.9 Å². The van der Waals surface area contributed by atoms with E-state index in [1.54, 1.807) is 15.8 Å². The van der Waals surface area contributed by atoms with Gasteiger partial charge in [-0.25, -0.2) is 4.68 Å². The molecule has 0 radical (unpaired) electrons. The van der Waals surface area contributed by atoms with E-state index in [0.29, 0.717) is 16.9 Å². The average Bonchev–Trinajstić information content (AvgIpc) is 3.57. The van der Waals surface area contributed by atoms with Crippen LogP contribution in [-0.4, -0.2) is 42.4 Å². The van der Waals surface area contributed by atoms with Crippen molar-refractivity contribution in [3.05, 3.63) is 84.8 Å². The van der Waals surface area contributed by atoms with E-state index in [4.69, 9.17) is 0 Å². The highest BCUT2D eigenvalue weighted by Crippen LogP contribution is 2.31. The standard InChI is InChI=1S/C30H31N7O2/c1-35-17-9-16-27(35)29(30(39)32-22-11-3-2-4-12-22)37(23-18-21-10-5-6-13-24(21)31-19-23)28(38)20-36-26-15-8-7-14-25(26)33-34-36/h5-10,13-19,22,29H,2-4,11-12,20H2,1H3,(H,32,39)/t29-/m1/s1. The maximum absolute atomic E-state index is 14.3. The van der Waals surface area contributed by atoms with Crippen LogP contribution in [0.1, 0.15) is 43.8 Å². The van der Waals surface area contributed by atoms with E-state index in [9.17, 15) is 9.59 Å². The predicted molar refractivity (Wildman–Crippen MR) is 150 cm³/mol. The van der Waals surface area contributed by atoms with Gasteiger partial charge in [-0.2, -0.15) is 0 Å². The second kappa shape index (κ2) is 10.7. The Bertz CT molecular complexity index is 1630. The van der Waals surface area contributed by atoms with Gasteiger partial charge in [0.05, 0.1) is 28.6 Å². The molecule has 9 heteroatoms. The van der Waals surface area contributed by atoms with Gasteiger partial charge in [0.15, 0.2) is 6.04 Å².